The van der Waals surface area contributed by atoms with Crippen LogP contribution in [0.4, 0.5) is 5.69 Å². The molecule has 164 valence electrons. The third kappa shape index (κ3) is 4.92. The van der Waals surface area contributed by atoms with Gasteiger partial charge in [-0.3, -0.25) is 9.59 Å². The Morgan fingerprint density at radius 2 is 1.81 bits per heavy atom. The van der Waals surface area contributed by atoms with Gasteiger partial charge in [0.15, 0.2) is 0 Å². The summed E-state index contributed by atoms with van der Waals surface area (Å²) in [6.07, 6.45) is 7.62. The average molecular weight is 421 g/mol. The Morgan fingerprint density at radius 1 is 1.06 bits per heavy atom. The Kier molecular flexibility index (Phi) is 6.59. The molecule has 0 saturated heterocycles. The van der Waals surface area contributed by atoms with Crippen LogP contribution in [-0.2, 0) is 17.8 Å². The number of amides is 2. The van der Waals surface area contributed by atoms with E-state index in [1.165, 1.54) is 37.7 Å². The molecule has 2 aromatic rings. The lowest BCUT2D eigenvalue weighted by atomic mass is 9.87. The molecule has 1 heterocycles. The number of nitrogens with zero attached hydrogens (tertiary/aromatic N) is 1. The molecule has 4 rings (SSSR count). The van der Waals surface area contributed by atoms with E-state index < -0.39 is 0 Å². The van der Waals surface area contributed by atoms with Crippen LogP contribution >= 0.6 is 0 Å². The van der Waals surface area contributed by atoms with Gasteiger partial charge in [-0.25, -0.2) is 0 Å². The Balaban J connectivity index is 1.43. The van der Waals surface area contributed by atoms with E-state index in [9.17, 15) is 9.59 Å². The predicted octanol–water partition coefficient (Wildman–Crippen LogP) is 4.87. The summed E-state index contributed by atoms with van der Waals surface area (Å²) in [5.74, 6) is 1.39. The highest BCUT2D eigenvalue weighted by Crippen LogP contribution is 2.34. The summed E-state index contributed by atoms with van der Waals surface area (Å²) < 4.78 is 5.20. The molecule has 0 radical (unpaired) electrons. The van der Waals surface area contributed by atoms with Gasteiger partial charge in [-0.15, -0.1) is 0 Å². The maximum Gasteiger partial charge on any atom is 0.258 e. The summed E-state index contributed by atoms with van der Waals surface area (Å²) in [6.45, 7) is 2.57. The Labute approximate surface area is 184 Å². The number of benzene rings is 2. The molecular weight excluding hydrogens is 388 g/mol. The quantitative estimate of drug-likeness (QED) is 0.725. The highest BCUT2D eigenvalue weighted by Gasteiger charge is 2.31. The number of hydrogen-bond acceptors (Lipinski definition) is 3. The van der Waals surface area contributed by atoms with Crippen LogP contribution in [0.5, 0.6) is 5.75 Å². The van der Waals surface area contributed by atoms with Crippen molar-refractivity contribution in [3.8, 4) is 5.75 Å². The molecule has 2 amide bonds. The molecule has 0 spiro atoms. The van der Waals surface area contributed by atoms with Gasteiger partial charge in [-0.1, -0.05) is 31.4 Å². The van der Waals surface area contributed by atoms with Crippen molar-refractivity contribution in [3.05, 3.63) is 59.2 Å². The SMILES string of the molecule is COc1ccc(C(=O)N2c3cc(CNC(=O)CC4CCCCC4)ccc3C[C@@H]2C)cc1. The molecule has 5 nitrogen and oxygen atoms in total. The van der Waals surface area contributed by atoms with E-state index >= 15 is 0 Å². The molecule has 0 unspecified atom stereocenters. The molecule has 1 aliphatic heterocycles. The van der Waals surface area contributed by atoms with Gasteiger partial charge in [0, 0.05) is 30.3 Å². The Bertz CT molecular complexity index is 932. The fourth-order valence-corrected chi connectivity index (χ4v) is 4.87. The van der Waals surface area contributed by atoms with Gasteiger partial charge in [-0.05, 0) is 73.6 Å². The second-order valence-corrected chi connectivity index (χ2v) is 8.90. The van der Waals surface area contributed by atoms with Gasteiger partial charge < -0.3 is 15.0 Å². The Hall–Kier alpha value is -2.82. The second kappa shape index (κ2) is 9.54. The van der Waals surface area contributed by atoms with E-state index in [0.29, 0.717) is 24.4 Å². The van der Waals surface area contributed by atoms with Gasteiger partial charge in [0.2, 0.25) is 5.91 Å². The molecule has 1 N–H and O–H groups in total. The van der Waals surface area contributed by atoms with Crippen molar-refractivity contribution in [1.29, 1.82) is 0 Å². The van der Waals surface area contributed by atoms with E-state index in [2.05, 4.69) is 30.4 Å². The summed E-state index contributed by atoms with van der Waals surface area (Å²) >= 11 is 0. The first-order valence-corrected chi connectivity index (χ1v) is 11.4. The molecule has 1 fully saturated rings. The summed E-state index contributed by atoms with van der Waals surface area (Å²) in [6, 6.07) is 13.5. The highest BCUT2D eigenvalue weighted by atomic mass is 16.5. The van der Waals surface area contributed by atoms with Gasteiger partial charge in [-0.2, -0.15) is 0 Å². The molecule has 2 aliphatic rings. The van der Waals surface area contributed by atoms with Crippen molar-refractivity contribution in [2.45, 2.75) is 64.5 Å². The van der Waals surface area contributed by atoms with Crippen LogP contribution in [0.3, 0.4) is 0 Å². The molecule has 0 bridgehead atoms. The van der Waals surface area contributed by atoms with Gasteiger partial charge >= 0.3 is 0 Å². The fourth-order valence-electron chi connectivity index (χ4n) is 4.87. The summed E-state index contributed by atoms with van der Waals surface area (Å²) in [7, 11) is 1.62. The summed E-state index contributed by atoms with van der Waals surface area (Å²) in [4.78, 5) is 27.5. The number of fused-ring (bicyclic) bond motifs is 1. The van der Waals surface area contributed by atoms with Crippen LogP contribution in [0.2, 0.25) is 0 Å². The Morgan fingerprint density at radius 3 is 2.52 bits per heavy atom. The predicted molar refractivity (Wildman–Crippen MR) is 122 cm³/mol. The first kappa shape index (κ1) is 21.4. The maximum absolute atomic E-state index is 13.2. The van der Waals surface area contributed by atoms with Gasteiger partial charge in [0.05, 0.1) is 7.11 Å². The zero-order valence-corrected chi connectivity index (χ0v) is 18.5. The third-order valence-corrected chi connectivity index (χ3v) is 6.61. The van der Waals surface area contributed by atoms with Crippen LogP contribution in [-0.4, -0.2) is 25.0 Å². The molecule has 5 heteroatoms. The van der Waals surface area contributed by atoms with Gasteiger partial charge in [0.25, 0.3) is 5.91 Å². The molecule has 1 aliphatic carbocycles. The minimum Gasteiger partial charge on any atom is -0.497 e. The number of rotatable bonds is 6. The fraction of sp³-hybridized carbons (Fsp3) is 0.462. The minimum absolute atomic E-state index is 0.00705. The minimum atomic E-state index is -0.00705. The smallest absolute Gasteiger partial charge is 0.258 e. The summed E-state index contributed by atoms with van der Waals surface area (Å²) in [5.41, 5.74) is 3.79. The highest BCUT2D eigenvalue weighted by molar-refractivity contribution is 6.07. The van der Waals surface area contributed by atoms with Crippen LogP contribution in [0, 0.1) is 5.92 Å². The molecule has 31 heavy (non-hydrogen) atoms. The zero-order chi connectivity index (χ0) is 21.8. The number of carbonyl (C=O) groups is 2. The monoisotopic (exact) mass is 420 g/mol. The van der Waals surface area contributed by atoms with Gasteiger partial charge in [0.1, 0.15) is 5.75 Å². The number of carbonyl (C=O) groups excluding carboxylic acids is 2. The molecule has 1 atom stereocenters. The number of ether oxygens (including phenoxy) is 1. The largest absolute Gasteiger partial charge is 0.497 e. The third-order valence-electron chi connectivity index (χ3n) is 6.61. The molecule has 1 saturated carbocycles. The standard InChI is InChI=1S/C26H32N2O3/c1-18-14-22-9-8-20(17-27-25(29)16-19-6-4-3-5-7-19)15-24(22)28(18)26(30)21-10-12-23(31-2)13-11-21/h8-13,15,18-19H,3-7,14,16-17H2,1-2H3,(H,27,29)/t18-/m0/s1. The molecule has 2 aromatic carbocycles. The molecular formula is C26H32N2O3. The van der Waals surface area contributed by atoms with Crippen LogP contribution in [0.1, 0.15) is 66.9 Å². The van der Waals surface area contributed by atoms with Crippen molar-refractivity contribution in [1.82, 2.24) is 5.32 Å². The zero-order valence-electron chi connectivity index (χ0n) is 18.5. The number of methoxy groups -OCH3 is 1. The maximum atomic E-state index is 13.2. The first-order valence-electron chi connectivity index (χ1n) is 11.4. The second-order valence-electron chi connectivity index (χ2n) is 8.90. The van der Waals surface area contributed by atoms with E-state index in [0.717, 1.165) is 23.4 Å². The number of nitrogens with one attached hydrogen (secondary N) is 1. The number of hydrogen-bond donors (Lipinski definition) is 1. The van der Waals surface area contributed by atoms with Crippen molar-refractivity contribution in [3.63, 3.8) is 0 Å². The first-order chi connectivity index (χ1) is 15.0. The van der Waals surface area contributed by atoms with Crippen molar-refractivity contribution in [2.75, 3.05) is 12.0 Å². The van der Waals surface area contributed by atoms with Crippen LogP contribution in [0.15, 0.2) is 42.5 Å². The lowest BCUT2D eigenvalue weighted by Crippen LogP contribution is -2.35. The van der Waals surface area contributed by atoms with Crippen LogP contribution < -0.4 is 15.0 Å². The van der Waals surface area contributed by atoms with Crippen molar-refractivity contribution in [2.24, 2.45) is 5.92 Å². The van der Waals surface area contributed by atoms with E-state index in [1.54, 1.807) is 19.2 Å². The van der Waals surface area contributed by atoms with E-state index in [-0.39, 0.29) is 17.9 Å². The topological polar surface area (TPSA) is 58.6 Å². The van der Waals surface area contributed by atoms with E-state index in [4.69, 9.17) is 4.74 Å². The lowest BCUT2D eigenvalue weighted by Gasteiger charge is -2.23. The normalized spacial score (nSPS) is 18.5. The summed E-state index contributed by atoms with van der Waals surface area (Å²) in [5, 5.41) is 3.08. The van der Waals surface area contributed by atoms with E-state index in [1.807, 2.05) is 17.0 Å². The van der Waals surface area contributed by atoms with Crippen molar-refractivity contribution < 1.29 is 14.3 Å². The number of anilines is 1. The average Bonchev–Trinajstić information content (AvgIpc) is 3.13. The lowest BCUT2D eigenvalue weighted by molar-refractivity contribution is -0.122. The van der Waals surface area contributed by atoms with Crippen LogP contribution in [0.25, 0.3) is 0 Å². The van der Waals surface area contributed by atoms with Crippen molar-refractivity contribution >= 4 is 17.5 Å². The molecule has 0 aromatic heterocycles.